The Morgan fingerprint density at radius 1 is 1.32 bits per heavy atom. The fraction of sp³-hybridized carbons (Fsp3) is 0.429. The average Bonchev–Trinajstić information content (AvgIpc) is 2.23. The zero-order chi connectivity index (χ0) is 14.6. The zero-order valence-corrected chi connectivity index (χ0v) is 11.2. The second-order valence-corrected chi connectivity index (χ2v) is 5.21. The summed E-state index contributed by atoms with van der Waals surface area (Å²) >= 11 is 0. The number of carboxylic acids is 1. The highest BCUT2D eigenvalue weighted by molar-refractivity contribution is 5.90. The molecule has 1 aromatic rings. The lowest BCUT2D eigenvalue weighted by Gasteiger charge is -2.19. The molecule has 0 bridgehead atoms. The van der Waals surface area contributed by atoms with Gasteiger partial charge in [0.05, 0.1) is 5.56 Å². The van der Waals surface area contributed by atoms with E-state index in [1.807, 2.05) is 0 Å². The fourth-order valence-electron chi connectivity index (χ4n) is 1.46. The van der Waals surface area contributed by atoms with Gasteiger partial charge in [-0.15, -0.1) is 0 Å². The SMILES string of the molecule is CC(C)(C)OC(=O)c1ccc(CCC(=O)O)cc1F. The van der Waals surface area contributed by atoms with Crippen molar-refractivity contribution in [2.75, 3.05) is 0 Å². The van der Waals surface area contributed by atoms with Crippen LogP contribution in [0.5, 0.6) is 0 Å². The highest BCUT2D eigenvalue weighted by atomic mass is 19.1. The predicted octanol–water partition coefficient (Wildman–Crippen LogP) is 2.80. The number of hydrogen-bond donors (Lipinski definition) is 1. The number of aryl methyl sites for hydroxylation is 1. The topological polar surface area (TPSA) is 63.6 Å². The van der Waals surface area contributed by atoms with Gasteiger partial charge in [0.2, 0.25) is 0 Å². The van der Waals surface area contributed by atoms with Crippen LogP contribution in [0.25, 0.3) is 0 Å². The van der Waals surface area contributed by atoms with E-state index in [9.17, 15) is 14.0 Å². The molecule has 0 saturated carbocycles. The van der Waals surface area contributed by atoms with Gasteiger partial charge in [-0.25, -0.2) is 9.18 Å². The van der Waals surface area contributed by atoms with Crippen molar-refractivity contribution in [3.63, 3.8) is 0 Å². The first-order chi connectivity index (χ1) is 8.69. The van der Waals surface area contributed by atoms with Crippen molar-refractivity contribution in [2.45, 2.75) is 39.2 Å². The lowest BCUT2D eigenvalue weighted by molar-refractivity contribution is -0.136. The van der Waals surface area contributed by atoms with Gasteiger partial charge in [-0.3, -0.25) is 4.79 Å². The molecule has 0 aliphatic rings. The van der Waals surface area contributed by atoms with Crippen molar-refractivity contribution in [3.8, 4) is 0 Å². The molecule has 4 nitrogen and oxygen atoms in total. The highest BCUT2D eigenvalue weighted by Gasteiger charge is 2.20. The third-order valence-corrected chi connectivity index (χ3v) is 2.28. The van der Waals surface area contributed by atoms with Gasteiger partial charge in [0.15, 0.2) is 0 Å². The molecule has 0 radical (unpaired) electrons. The van der Waals surface area contributed by atoms with Crippen molar-refractivity contribution in [1.29, 1.82) is 0 Å². The quantitative estimate of drug-likeness (QED) is 0.853. The first kappa shape index (κ1) is 15.1. The molecule has 0 aromatic heterocycles. The number of carbonyl (C=O) groups is 2. The van der Waals surface area contributed by atoms with Gasteiger partial charge in [0.1, 0.15) is 11.4 Å². The number of rotatable bonds is 4. The van der Waals surface area contributed by atoms with Gasteiger partial charge in [-0.05, 0) is 44.9 Å². The zero-order valence-electron chi connectivity index (χ0n) is 11.2. The summed E-state index contributed by atoms with van der Waals surface area (Å²) in [4.78, 5) is 22.1. The van der Waals surface area contributed by atoms with Crippen molar-refractivity contribution in [2.24, 2.45) is 0 Å². The minimum absolute atomic E-state index is 0.0782. The van der Waals surface area contributed by atoms with Crippen LogP contribution in [0.4, 0.5) is 4.39 Å². The van der Waals surface area contributed by atoms with Crippen molar-refractivity contribution >= 4 is 11.9 Å². The first-order valence-electron chi connectivity index (χ1n) is 5.92. The molecular formula is C14H17FO4. The normalized spacial score (nSPS) is 11.2. The Morgan fingerprint density at radius 3 is 2.42 bits per heavy atom. The maximum Gasteiger partial charge on any atom is 0.341 e. The van der Waals surface area contributed by atoms with Gasteiger partial charge >= 0.3 is 11.9 Å². The highest BCUT2D eigenvalue weighted by Crippen LogP contribution is 2.16. The van der Waals surface area contributed by atoms with Crippen LogP contribution < -0.4 is 0 Å². The van der Waals surface area contributed by atoms with E-state index in [1.54, 1.807) is 20.8 Å². The third-order valence-electron chi connectivity index (χ3n) is 2.28. The number of ether oxygens (including phenoxy) is 1. The van der Waals surface area contributed by atoms with Gasteiger partial charge < -0.3 is 9.84 Å². The minimum Gasteiger partial charge on any atom is -0.481 e. The molecule has 0 heterocycles. The van der Waals surface area contributed by atoms with Crippen LogP contribution in [-0.4, -0.2) is 22.6 Å². The maximum atomic E-state index is 13.8. The van der Waals surface area contributed by atoms with E-state index in [0.29, 0.717) is 5.56 Å². The van der Waals surface area contributed by atoms with Gasteiger partial charge in [0.25, 0.3) is 0 Å². The monoisotopic (exact) mass is 268 g/mol. The van der Waals surface area contributed by atoms with Crippen LogP contribution in [0.2, 0.25) is 0 Å². The molecule has 0 atom stereocenters. The number of carboxylic acid groups (broad SMARTS) is 1. The molecule has 1 N–H and O–H groups in total. The number of halogens is 1. The molecule has 19 heavy (non-hydrogen) atoms. The van der Waals surface area contributed by atoms with Gasteiger partial charge in [-0.1, -0.05) is 6.07 Å². The molecule has 0 unspecified atom stereocenters. The summed E-state index contributed by atoms with van der Waals surface area (Å²) in [5.41, 5.74) is -0.299. The summed E-state index contributed by atoms with van der Waals surface area (Å²) in [6.45, 7) is 5.10. The second kappa shape index (κ2) is 5.82. The first-order valence-corrected chi connectivity index (χ1v) is 5.92. The van der Waals surface area contributed by atoms with E-state index in [2.05, 4.69) is 0 Å². The third kappa shape index (κ3) is 5.07. The van der Waals surface area contributed by atoms with E-state index in [-0.39, 0.29) is 18.4 Å². The Hall–Kier alpha value is -1.91. The van der Waals surface area contributed by atoms with Crippen LogP contribution in [0.3, 0.4) is 0 Å². The van der Waals surface area contributed by atoms with E-state index in [1.165, 1.54) is 18.2 Å². The Morgan fingerprint density at radius 2 is 1.95 bits per heavy atom. The van der Waals surface area contributed by atoms with E-state index in [0.717, 1.165) is 0 Å². The smallest absolute Gasteiger partial charge is 0.341 e. The Labute approximate surface area is 111 Å². The largest absolute Gasteiger partial charge is 0.481 e. The van der Waals surface area contributed by atoms with Gasteiger partial charge in [-0.2, -0.15) is 0 Å². The van der Waals surface area contributed by atoms with E-state index in [4.69, 9.17) is 9.84 Å². The second-order valence-electron chi connectivity index (χ2n) is 5.21. The van der Waals surface area contributed by atoms with Crippen LogP contribution in [0.15, 0.2) is 18.2 Å². The maximum absolute atomic E-state index is 13.8. The molecule has 0 spiro atoms. The van der Waals surface area contributed by atoms with E-state index < -0.39 is 23.4 Å². The molecule has 5 heteroatoms. The molecule has 104 valence electrons. The van der Waals surface area contributed by atoms with Crippen molar-refractivity contribution in [3.05, 3.63) is 35.1 Å². The van der Waals surface area contributed by atoms with Crippen molar-refractivity contribution < 1.29 is 23.8 Å². The van der Waals surface area contributed by atoms with Crippen LogP contribution >= 0.6 is 0 Å². The number of benzene rings is 1. The molecule has 0 fully saturated rings. The number of aliphatic carboxylic acids is 1. The summed E-state index contributed by atoms with van der Waals surface area (Å²) in [6, 6.07) is 4.02. The molecule has 0 aliphatic carbocycles. The Balaban J connectivity index is 2.82. The summed E-state index contributed by atoms with van der Waals surface area (Å²) in [7, 11) is 0. The molecule has 1 aromatic carbocycles. The minimum atomic E-state index is -0.948. The lowest BCUT2D eigenvalue weighted by Crippen LogP contribution is -2.24. The lowest BCUT2D eigenvalue weighted by atomic mass is 10.1. The average molecular weight is 268 g/mol. The number of esters is 1. The van der Waals surface area contributed by atoms with E-state index >= 15 is 0 Å². The Kier molecular flexibility index (Phi) is 4.64. The molecule has 0 amide bonds. The number of carbonyl (C=O) groups excluding carboxylic acids is 1. The Bertz CT molecular complexity index is 489. The van der Waals surface area contributed by atoms with Gasteiger partial charge in [0, 0.05) is 6.42 Å². The van der Waals surface area contributed by atoms with Crippen LogP contribution in [-0.2, 0) is 16.0 Å². The molecule has 1 rings (SSSR count). The summed E-state index contributed by atoms with van der Waals surface area (Å²) in [6.07, 6.45) is 0.145. The summed E-state index contributed by atoms with van der Waals surface area (Å²) in [5, 5.41) is 8.55. The molecular weight excluding hydrogens is 251 g/mol. The number of hydrogen-bond acceptors (Lipinski definition) is 3. The van der Waals surface area contributed by atoms with Crippen LogP contribution in [0, 0.1) is 5.82 Å². The van der Waals surface area contributed by atoms with Crippen LogP contribution in [0.1, 0.15) is 43.1 Å². The fourth-order valence-corrected chi connectivity index (χ4v) is 1.46. The summed E-state index contributed by atoms with van der Waals surface area (Å²) in [5.74, 6) is -2.37. The standard InChI is InChI=1S/C14H17FO4/c1-14(2,3)19-13(18)10-6-4-9(8-11(10)15)5-7-12(16)17/h4,6,8H,5,7H2,1-3H3,(H,16,17). The predicted molar refractivity (Wildman–Crippen MR) is 67.5 cm³/mol. The van der Waals surface area contributed by atoms with Crippen molar-refractivity contribution in [1.82, 2.24) is 0 Å². The molecule has 0 aliphatic heterocycles. The summed E-state index contributed by atoms with van der Waals surface area (Å²) < 4.78 is 18.8. The molecule has 0 saturated heterocycles.